The molecule has 0 atom stereocenters. The number of hydrogen-bond acceptors (Lipinski definition) is 4. The van der Waals surface area contributed by atoms with Crippen molar-refractivity contribution in [2.24, 2.45) is 0 Å². The molecule has 3 aromatic rings. The molecule has 1 amide bonds. The molecular weight excluding hydrogens is 292 g/mol. The number of carbonyl (C=O) groups is 1. The maximum Gasteiger partial charge on any atom is 0.242 e. The normalized spacial score (nSPS) is 16.1. The lowest BCUT2D eigenvalue weighted by atomic mass is 9.93. The third-order valence-electron chi connectivity index (χ3n) is 4.46. The van der Waals surface area contributed by atoms with Crippen LogP contribution in [0, 0.1) is 0 Å². The lowest BCUT2D eigenvalue weighted by Crippen LogP contribution is -2.39. The first kappa shape index (κ1) is 13.9. The van der Waals surface area contributed by atoms with Crippen LogP contribution in [0.15, 0.2) is 43.2 Å². The summed E-state index contributed by atoms with van der Waals surface area (Å²) < 4.78 is 3.72. The van der Waals surface area contributed by atoms with Crippen molar-refractivity contribution in [3.63, 3.8) is 0 Å². The molecule has 23 heavy (non-hydrogen) atoms. The molecule has 4 rings (SSSR count). The largest absolute Gasteiger partial charge is 0.341 e. The van der Waals surface area contributed by atoms with Crippen molar-refractivity contribution < 1.29 is 4.79 Å². The molecule has 4 heterocycles. The quantitative estimate of drug-likeness (QED) is 0.732. The van der Waals surface area contributed by atoms with E-state index in [0.29, 0.717) is 12.5 Å². The van der Waals surface area contributed by atoms with Gasteiger partial charge in [0.25, 0.3) is 0 Å². The van der Waals surface area contributed by atoms with Gasteiger partial charge in [-0.15, -0.1) is 0 Å². The second kappa shape index (κ2) is 5.83. The van der Waals surface area contributed by atoms with Crippen LogP contribution in [0.5, 0.6) is 0 Å². The molecule has 7 nitrogen and oxygen atoms in total. The highest BCUT2D eigenvalue weighted by Crippen LogP contribution is 2.27. The van der Waals surface area contributed by atoms with Gasteiger partial charge in [0.15, 0.2) is 5.65 Å². The minimum absolute atomic E-state index is 0.153. The fraction of sp³-hybridized carbons (Fsp3) is 0.375. The van der Waals surface area contributed by atoms with Crippen molar-refractivity contribution in [1.29, 1.82) is 0 Å². The highest BCUT2D eigenvalue weighted by molar-refractivity contribution is 5.76. The second-order valence-corrected chi connectivity index (χ2v) is 5.86. The molecule has 1 saturated heterocycles. The Labute approximate surface area is 133 Å². The number of nitrogens with zero attached hydrogens (tertiary/aromatic N) is 6. The Kier molecular flexibility index (Phi) is 3.53. The summed E-state index contributed by atoms with van der Waals surface area (Å²) in [4.78, 5) is 22.6. The highest BCUT2D eigenvalue weighted by Gasteiger charge is 2.25. The monoisotopic (exact) mass is 310 g/mol. The molecule has 0 saturated carbocycles. The van der Waals surface area contributed by atoms with Crippen molar-refractivity contribution in [1.82, 2.24) is 29.0 Å². The van der Waals surface area contributed by atoms with Crippen LogP contribution in [0.4, 0.5) is 0 Å². The number of fused-ring (bicyclic) bond motifs is 1. The molecule has 7 heteroatoms. The van der Waals surface area contributed by atoms with Gasteiger partial charge >= 0.3 is 0 Å². The fourth-order valence-corrected chi connectivity index (χ4v) is 3.22. The Morgan fingerprint density at radius 3 is 2.83 bits per heavy atom. The number of amides is 1. The maximum atomic E-state index is 12.3. The van der Waals surface area contributed by atoms with Gasteiger partial charge in [0.2, 0.25) is 5.91 Å². The Balaban J connectivity index is 1.43. The molecule has 0 radical (unpaired) electrons. The van der Waals surface area contributed by atoms with Crippen LogP contribution < -0.4 is 0 Å². The van der Waals surface area contributed by atoms with Gasteiger partial charge in [0.05, 0.1) is 12.5 Å². The molecule has 0 spiro atoms. The number of imidazole rings is 1. The number of likely N-dealkylation sites (tertiary alicyclic amines) is 1. The van der Waals surface area contributed by atoms with Crippen molar-refractivity contribution in [3.8, 4) is 0 Å². The van der Waals surface area contributed by atoms with Gasteiger partial charge in [-0.05, 0) is 18.9 Å². The number of piperidine rings is 1. The Bertz CT molecular complexity index is 801. The number of rotatable bonds is 3. The van der Waals surface area contributed by atoms with Crippen LogP contribution in [0.1, 0.15) is 24.5 Å². The van der Waals surface area contributed by atoms with Crippen LogP contribution >= 0.6 is 0 Å². The summed E-state index contributed by atoms with van der Waals surface area (Å²) in [5, 5.41) is 4.36. The molecule has 0 N–H and O–H groups in total. The molecule has 1 aliphatic heterocycles. The first-order valence-electron chi connectivity index (χ1n) is 7.83. The van der Waals surface area contributed by atoms with Crippen LogP contribution in [0.25, 0.3) is 5.65 Å². The van der Waals surface area contributed by atoms with Gasteiger partial charge < -0.3 is 9.47 Å². The van der Waals surface area contributed by atoms with Crippen molar-refractivity contribution in [2.75, 3.05) is 13.1 Å². The third kappa shape index (κ3) is 2.69. The van der Waals surface area contributed by atoms with E-state index >= 15 is 0 Å². The summed E-state index contributed by atoms with van der Waals surface area (Å²) in [6, 6.07) is 3.95. The first-order chi connectivity index (χ1) is 11.3. The molecule has 0 aliphatic carbocycles. The van der Waals surface area contributed by atoms with Gasteiger partial charge in [-0.3, -0.25) is 4.79 Å². The number of aromatic nitrogens is 5. The van der Waals surface area contributed by atoms with E-state index in [4.69, 9.17) is 0 Å². The predicted octanol–water partition coefficient (Wildman–Crippen LogP) is 1.33. The van der Waals surface area contributed by atoms with E-state index in [0.717, 1.165) is 31.6 Å². The predicted molar refractivity (Wildman–Crippen MR) is 83.8 cm³/mol. The Hall–Kier alpha value is -2.70. The average Bonchev–Trinajstić information content (AvgIpc) is 3.25. The minimum atomic E-state index is 0.153. The summed E-state index contributed by atoms with van der Waals surface area (Å²) in [5.41, 5.74) is 2.06. The summed E-state index contributed by atoms with van der Waals surface area (Å²) in [6.07, 6.45) is 10.7. The average molecular weight is 310 g/mol. The van der Waals surface area contributed by atoms with E-state index in [1.807, 2.05) is 38.5 Å². The Morgan fingerprint density at radius 1 is 1.17 bits per heavy atom. The van der Waals surface area contributed by atoms with Crippen LogP contribution in [-0.4, -0.2) is 48.0 Å². The SMILES string of the molecule is O=C(Cn1ccnc1)N1CCC(c2ccnc3ccnn23)CC1. The van der Waals surface area contributed by atoms with Gasteiger partial charge in [0.1, 0.15) is 6.54 Å². The second-order valence-electron chi connectivity index (χ2n) is 5.86. The lowest BCUT2D eigenvalue weighted by molar-refractivity contribution is -0.132. The maximum absolute atomic E-state index is 12.3. The molecule has 1 aliphatic rings. The number of hydrogen-bond donors (Lipinski definition) is 0. The molecule has 1 fully saturated rings. The van der Waals surface area contributed by atoms with E-state index in [1.54, 1.807) is 18.7 Å². The third-order valence-corrected chi connectivity index (χ3v) is 4.46. The van der Waals surface area contributed by atoms with Gasteiger partial charge in [0, 0.05) is 49.4 Å². The van der Waals surface area contributed by atoms with Crippen LogP contribution in [0.2, 0.25) is 0 Å². The highest BCUT2D eigenvalue weighted by atomic mass is 16.2. The Morgan fingerprint density at radius 2 is 2.04 bits per heavy atom. The smallest absolute Gasteiger partial charge is 0.242 e. The van der Waals surface area contributed by atoms with Crippen LogP contribution in [0.3, 0.4) is 0 Å². The molecular formula is C16H18N6O. The molecule has 118 valence electrons. The van der Waals surface area contributed by atoms with Crippen molar-refractivity contribution in [2.45, 2.75) is 25.3 Å². The first-order valence-corrected chi connectivity index (χ1v) is 7.83. The van der Waals surface area contributed by atoms with E-state index in [2.05, 4.69) is 15.1 Å². The fourth-order valence-electron chi connectivity index (χ4n) is 3.22. The van der Waals surface area contributed by atoms with Crippen molar-refractivity contribution >= 4 is 11.6 Å². The summed E-state index contributed by atoms with van der Waals surface area (Å²) in [5.74, 6) is 0.568. The summed E-state index contributed by atoms with van der Waals surface area (Å²) in [6.45, 7) is 1.93. The van der Waals surface area contributed by atoms with Gasteiger partial charge in [-0.2, -0.15) is 5.10 Å². The van der Waals surface area contributed by atoms with E-state index in [-0.39, 0.29) is 5.91 Å². The zero-order valence-corrected chi connectivity index (χ0v) is 12.7. The molecule has 0 aromatic carbocycles. The van der Waals surface area contributed by atoms with E-state index < -0.39 is 0 Å². The topological polar surface area (TPSA) is 68.3 Å². The summed E-state index contributed by atoms with van der Waals surface area (Å²) >= 11 is 0. The molecule has 3 aromatic heterocycles. The molecule has 0 unspecified atom stereocenters. The van der Waals surface area contributed by atoms with Crippen LogP contribution in [-0.2, 0) is 11.3 Å². The van der Waals surface area contributed by atoms with Crippen molar-refractivity contribution in [3.05, 3.63) is 48.9 Å². The molecule has 0 bridgehead atoms. The van der Waals surface area contributed by atoms with Gasteiger partial charge in [-0.25, -0.2) is 14.5 Å². The van der Waals surface area contributed by atoms with Gasteiger partial charge in [-0.1, -0.05) is 0 Å². The lowest BCUT2D eigenvalue weighted by Gasteiger charge is -2.32. The minimum Gasteiger partial charge on any atom is -0.341 e. The number of carbonyl (C=O) groups excluding carboxylic acids is 1. The standard InChI is InChI=1S/C16H18N6O/c23-16(11-20-10-7-17-12-20)21-8-3-13(4-9-21)14-1-5-18-15-2-6-19-22(14)15/h1-2,5-7,10,12-13H,3-4,8-9,11H2. The zero-order chi connectivity index (χ0) is 15.6. The van der Waals surface area contributed by atoms with E-state index in [9.17, 15) is 4.79 Å². The summed E-state index contributed by atoms with van der Waals surface area (Å²) in [7, 11) is 0. The van der Waals surface area contributed by atoms with E-state index in [1.165, 1.54) is 5.69 Å². The zero-order valence-electron chi connectivity index (χ0n) is 12.7.